The van der Waals surface area contributed by atoms with Crippen LogP contribution in [0.15, 0.2) is 30.5 Å². The number of carbonyl (C=O) groups is 1. The molecule has 0 saturated heterocycles. The minimum absolute atomic E-state index is 0.191. The van der Waals surface area contributed by atoms with Crippen LogP contribution in [-0.2, 0) is 7.05 Å². The molecule has 2 aromatic rings. The summed E-state index contributed by atoms with van der Waals surface area (Å²) in [5, 5.41) is 4.30. The molecule has 0 atom stereocenters. The number of benzene rings is 1. The van der Waals surface area contributed by atoms with Gasteiger partial charge in [-0.1, -0.05) is 23.7 Å². The van der Waals surface area contributed by atoms with Crippen molar-refractivity contribution in [2.24, 2.45) is 7.05 Å². The first-order valence-corrected chi connectivity index (χ1v) is 5.97. The lowest BCUT2D eigenvalue weighted by atomic mass is 10.1. The number of aromatic nitrogens is 2. The van der Waals surface area contributed by atoms with Crippen LogP contribution in [0.3, 0.4) is 0 Å². The number of para-hydroxylation sites is 1. The van der Waals surface area contributed by atoms with Crippen LogP contribution in [-0.4, -0.2) is 22.2 Å². The predicted molar refractivity (Wildman–Crippen MR) is 69.3 cm³/mol. The third-order valence-corrected chi connectivity index (χ3v) is 2.82. The van der Waals surface area contributed by atoms with Crippen molar-refractivity contribution in [2.75, 3.05) is 6.61 Å². The van der Waals surface area contributed by atoms with Gasteiger partial charge in [0.2, 0.25) is 5.78 Å². The summed E-state index contributed by atoms with van der Waals surface area (Å²) in [7, 11) is 1.68. The van der Waals surface area contributed by atoms with E-state index in [1.807, 2.05) is 13.0 Å². The molecule has 0 aliphatic rings. The van der Waals surface area contributed by atoms with Gasteiger partial charge >= 0.3 is 0 Å². The average Bonchev–Trinajstić information content (AvgIpc) is 2.69. The lowest BCUT2D eigenvalue weighted by Gasteiger charge is -2.09. The van der Waals surface area contributed by atoms with Crippen LogP contribution in [0.1, 0.15) is 23.0 Å². The number of carbonyl (C=O) groups excluding carboxylic acids is 1. The standard InChI is InChI=1S/C13H13ClN2O2/c1-3-18-11-7-5-4-6-9(11)13(17)12-10(14)8-15-16(12)2/h4-8H,3H2,1-2H3. The van der Waals surface area contributed by atoms with Gasteiger partial charge in [0, 0.05) is 7.05 Å². The average molecular weight is 265 g/mol. The molecule has 1 aromatic heterocycles. The van der Waals surface area contributed by atoms with Crippen LogP contribution in [0.5, 0.6) is 5.75 Å². The molecule has 94 valence electrons. The van der Waals surface area contributed by atoms with Crippen molar-refractivity contribution in [3.63, 3.8) is 0 Å². The Kier molecular flexibility index (Phi) is 3.67. The molecule has 0 saturated carbocycles. The summed E-state index contributed by atoms with van der Waals surface area (Å²) >= 11 is 5.97. The quantitative estimate of drug-likeness (QED) is 0.798. The third kappa shape index (κ3) is 2.24. The first-order chi connectivity index (χ1) is 8.65. The molecule has 4 nitrogen and oxygen atoms in total. The van der Waals surface area contributed by atoms with E-state index >= 15 is 0 Å². The summed E-state index contributed by atoms with van der Waals surface area (Å²) in [4.78, 5) is 12.4. The van der Waals surface area contributed by atoms with Crippen molar-refractivity contribution >= 4 is 17.4 Å². The Labute approximate surface area is 110 Å². The molecule has 1 aromatic carbocycles. The molecule has 0 fully saturated rings. The van der Waals surface area contributed by atoms with Gasteiger partial charge in [-0.25, -0.2) is 0 Å². The van der Waals surface area contributed by atoms with Gasteiger partial charge < -0.3 is 4.74 Å². The molecular formula is C13H13ClN2O2. The van der Waals surface area contributed by atoms with Crippen LogP contribution in [0.25, 0.3) is 0 Å². The molecule has 0 spiro atoms. The highest BCUT2D eigenvalue weighted by molar-refractivity contribution is 6.34. The van der Waals surface area contributed by atoms with Crippen molar-refractivity contribution < 1.29 is 9.53 Å². The fourth-order valence-corrected chi connectivity index (χ4v) is 1.98. The van der Waals surface area contributed by atoms with Crippen molar-refractivity contribution in [3.05, 3.63) is 46.7 Å². The van der Waals surface area contributed by atoms with Gasteiger partial charge in [-0.05, 0) is 19.1 Å². The Morgan fingerprint density at radius 2 is 2.17 bits per heavy atom. The van der Waals surface area contributed by atoms with Crippen molar-refractivity contribution in [2.45, 2.75) is 6.92 Å². The second-order valence-electron chi connectivity index (χ2n) is 3.72. The summed E-state index contributed by atoms with van der Waals surface area (Å²) in [5.41, 5.74) is 0.855. The van der Waals surface area contributed by atoms with Crippen LogP contribution < -0.4 is 4.74 Å². The normalized spacial score (nSPS) is 10.4. The van der Waals surface area contributed by atoms with Gasteiger partial charge in [-0.3, -0.25) is 9.48 Å². The van der Waals surface area contributed by atoms with Gasteiger partial charge in [0.15, 0.2) is 0 Å². The second kappa shape index (κ2) is 5.23. The highest BCUT2D eigenvalue weighted by atomic mass is 35.5. The first kappa shape index (κ1) is 12.6. The number of halogens is 1. The summed E-state index contributed by atoms with van der Waals surface area (Å²) in [6, 6.07) is 7.10. The predicted octanol–water partition coefficient (Wildman–Crippen LogP) is 2.70. The monoisotopic (exact) mass is 264 g/mol. The van der Waals surface area contributed by atoms with Gasteiger partial charge in [-0.15, -0.1) is 0 Å². The highest BCUT2D eigenvalue weighted by Gasteiger charge is 2.20. The maximum absolute atomic E-state index is 12.4. The van der Waals surface area contributed by atoms with E-state index in [2.05, 4.69) is 5.10 Å². The highest BCUT2D eigenvalue weighted by Crippen LogP contribution is 2.24. The fraction of sp³-hybridized carbons (Fsp3) is 0.231. The maximum Gasteiger partial charge on any atom is 0.216 e. The van der Waals surface area contributed by atoms with Crippen molar-refractivity contribution in [3.8, 4) is 5.75 Å². The second-order valence-corrected chi connectivity index (χ2v) is 4.13. The van der Waals surface area contributed by atoms with E-state index < -0.39 is 0 Å². The maximum atomic E-state index is 12.4. The van der Waals surface area contributed by atoms with Gasteiger partial charge in [-0.2, -0.15) is 5.10 Å². The SMILES string of the molecule is CCOc1ccccc1C(=O)c1c(Cl)cnn1C. The lowest BCUT2D eigenvalue weighted by molar-refractivity contribution is 0.102. The zero-order chi connectivity index (χ0) is 13.1. The number of hydrogen-bond acceptors (Lipinski definition) is 3. The topological polar surface area (TPSA) is 44.1 Å². The van der Waals surface area contributed by atoms with Crippen molar-refractivity contribution in [1.82, 2.24) is 9.78 Å². The van der Waals surface area contributed by atoms with Crippen LogP contribution in [0.4, 0.5) is 0 Å². The smallest absolute Gasteiger partial charge is 0.216 e. The minimum Gasteiger partial charge on any atom is -0.493 e. The molecule has 2 rings (SSSR count). The number of ether oxygens (including phenoxy) is 1. The Bertz CT molecular complexity index is 559. The van der Waals surface area contributed by atoms with E-state index in [9.17, 15) is 4.79 Å². The molecule has 5 heteroatoms. The number of aryl methyl sites for hydroxylation is 1. The lowest BCUT2D eigenvalue weighted by Crippen LogP contribution is -2.10. The molecule has 0 aliphatic carbocycles. The Hall–Kier alpha value is -1.81. The fourth-order valence-electron chi connectivity index (χ4n) is 1.73. The number of hydrogen-bond donors (Lipinski definition) is 0. The van der Waals surface area contributed by atoms with E-state index in [-0.39, 0.29) is 5.78 Å². The van der Waals surface area contributed by atoms with E-state index in [1.54, 1.807) is 25.2 Å². The molecule has 0 unspecified atom stereocenters. The van der Waals surface area contributed by atoms with E-state index in [0.717, 1.165) is 0 Å². The zero-order valence-corrected chi connectivity index (χ0v) is 10.9. The summed E-state index contributed by atoms with van der Waals surface area (Å²) in [5.74, 6) is 0.367. The van der Waals surface area contributed by atoms with Gasteiger partial charge in [0.1, 0.15) is 11.4 Å². The Morgan fingerprint density at radius 3 is 2.78 bits per heavy atom. The Balaban J connectivity index is 2.46. The summed E-state index contributed by atoms with van der Waals surface area (Å²) < 4.78 is 6.91. The zero-order valence-electron chi connectivity index (χ0n) is 10.2. The van der Waals surface area contributed by atoms with Crippen LogP contribution in [0.2, 0.25) is 5.02 Å². The molecule has 0 aliphatic heterocycles. The number of ketones is 1. The molecule has 1 heterocycles. The summed E-state index contributed by atoms with van der Waals surface area (Å²) in [6.07, 6.45) is 1.46. The van der Waals surface area contributed by atoms with E-state index in [4.69, 9.17) is 16.3 Å². The van der Waals surface area contributed by atoms with Crippen LogP contribution in [0, 0.1) is 0 Å². The number of rotatable bonds is 4. The Morgan fingerprint density at radius 1 is 1.44 bits per heavy atom. The first-order valence-electron chi connectivity index (χ1n) is 5.59. The molecule has 0 amide bonds. The molecule has 0 bridgehead atoms. The molecule has 18 heavy (non-hydrogen) atoms. The van der Waals surface area contributed by atoms with Gasteiger partial charge in [0.05, 0.1) is 23.4 Å². The van der Waals surface area contributed by atoms with Crippen molar-refractivity contribution in [1.29, 1.82) is 0 Å². The third-order valence-electron chi connectivity index (χ3n) is 2.54. The van der Waals surface area contributed by atoms with E-state index in [1.165, 1.54) is 10.9 Å². The molecular weight excluding hydrogens is 252 g/mol. The number of nitrogens with zero attached hydrogens (tertiary/aromatic N) is 2. The van der Waals surface area contributed by atoms with Gasteiger partial charge in [0.25, 0.3) is 0 Å². The molecule has 0 N–H and O–H groups in total. The molecule has 0 radical (unpaired) electrons. The summed E-state index contributed by atoms with van der Waals surface area (Å²) in [6.45, 7) is 2.38. The van der Waals surface area contributed by atoms with Crippen LogP contribution >= 0.6 is 11.6 Å². The minimum atomic E-state index is -0.191. The largest absolute Gasteiger partial charge is 0.493 e. The van der Waals surface area contributed by atoms with E-state index in [0.29, 0.717) is 28.6 Å².